The number of hydrogen-bond donors (Lipinski definition) is 4. The van der Waals surface area contributed by atoms with E-state index in [1.54, 1.807) is 6.92 Å². The van der Waals surface area contributed by atoms with Gasteiger partial charge in [-0.05, 0) is 46.8 Å². The van der Waals surface area contributed by atoms with E-state index in [0.29, 0.717) is 6.42 Å². The number of rotatable bonds is 7. The topological polar surface area (TPSA) is 89.8 Å². The van der Waals surface area contributed by atoms with Crippen LogP contribution in [-0.2, 0) is 15.6 Å². The predicted molar refractivity (Wildman–Crippen MR) is 114 cm³/mol. The lowest BCUT2D eigenvalue weighted by molar-refractivity contribution is -0.124. The lowest BCUT2D eigenvalue weighted by Gasteiger charge is -2.30. The molecule has 0 heterocycles. The molecular formula is C23H39NO4. The summed E-state index contributed by atoms with van der Waals surface area (Å²) in [5, 5.41) is 32.6. The number of nitrogens with one attached hydrogen (secondary N) is 1. The quantitative estimate of drug-likeness (QED) is 0.568. The lowest BCUT2D eigenvalue weighted by Crippen LogP contribution is -2.52. The fourth-order valence-electron chi connectivity index (χ4n) is 3.19. The highest BCUT2D eigenvalue weighted by Gasteiger charge is 2.30. The summed E-state index contributed by atoms with van der Waals surface area (Å²) in [4.78, 5) is 12.6. The van der Waals surface area contributed by atoms with Crippen LogP contribution in [0.15, 0.2) is 12.1 Å². The van der Waals surface area contributed by atoms with Crippen LogP contribution in [-0.4, -0.2) is 40.0 Å². The molecule has 0 radical (unpaired) electrons. The standard InChI is InChI=1S/C23H39NO4/c1-9-15(10-19(27)24-23(8,13-25)14-26)17-11-16(21(2,3)4)12-18(20(17)28)22(5,6)7/h11-12,15,25-26,28H,9-10,13-14H2,1-8H3,(H,24,27). The number of aromatic hydroxyl groups is 1. The van der Waals surface area contributed by atoms with Crippen LogP contribution in [0.25, 0.3) is 0 Å². The Labute approximate surface area is 170 Å². The Hall–Kier alpha value is -1.59. The molecule has 1 unspecified atom stereocenters. The minimum Gasteiger partial charge on any atom is -0.507 e. The van der Waals surface area contributed by atoms with Crippen molar-refractivity contribution >= 4 is 5.91 Å². The Balaban J connectivity index is 3.36. The molecule has 1 atom stereocenters. The molecule has 1 aromatic carbocycles. The molecule has 5 heteroatoms. The molecule has 1 rings (SSSR count). The van der Waals surface area contributed by atoms with Gasteiger partial charge in [-0.2, -0.15) is 0 Å². The van der Waals surface area contributed by atoms with Gasteiger partial charge in [0.2, 0.25) is 5.91 Å². The highest BCUT2D eigenvalue weighted by molar-refractivity contribution is 5.78. The van der Waals surface area contributed by atoms with E-state index in [0.717, 1.165) is 16.7 Å². The van der Waals surface area contributed by atoms with Crippen LogP contribution in [0.3, 0.4) is 0 Å². The summed E-state index contributed by atoms with van der Waals surface area (Å²) in [5.74, 6) is -0.160. The van der Waals surface area contributed by atoms with E-state index < -0.39 is 5.54 Å². The zero-order valence-electron chi connectivity index (χ0n) is 18.8. The van der Waals surface area contributed by atoms with Crippen LogP contribution < -0.4 is 5.32 Å². The Bertz CT molecular complexity index is 679. The third-order valence-corrected chi connectivity index (χ3v) is 5.32. The molecule has 0 aliphatic heterocycles. The first kappa shape index (κ1) is 24.4. The van der Waals surface area contributed by atoms with Gasteiger partial charge >= 0.3 is 0 Å². The molecule has 1 aromatic rings. The Morgan fingerprint density at radius 1 is 1.00 bits per heavy atom. The van der Waals surface area contributed by atoms with E-state index in [4.69, 9.17) is 0 Å². The molecule has 5 nitrogen and oxygen atoms in total. The number of phenolic OH excluding ortho intramolecular Hbond substituents is 1. The molecule has 0 aromatic heterocycles. The van der Waals surface area contributed by atoms with Crippen molar-refractivity contribution < 1.29 is 20.1 Å². The third-order valence-electron chi connectivity index (χ3n) is 5.32. The number of aliphatic hydroxyl groups excluding tert-OH is 2. The summed E-state index contributed by atoms with van der Waals surface area (Å²) in [6.07, 6.45) is 0.865. The maximum atomic E-state index is 12.6. The molecule has 0 aliphatic rings. The van der Waals surface area contributed by atoms with Crippen molar-refractivity contribution in [2.24, 2.45) is 0 Å². The molecule has 0 aliphatic carbocycles. The van der Waals surface area contributed by atoms with Crippen LogP contribution in [0.4, 0.5) is 0 Å². The van der Waals surface area contributed by atoms with Crippen LogP contribution in [0.1, 0.15) is 90.8 Å². The Morgan fingerprint density at radius 3 is 1.93 bits per heavy atom. The average Bonchev–Trinajstić information content (AvgIpc) is 2.57. The van der Waals surface area contributed by atoms with Crippen molar-refractivity contribution in [2.45, 2.75) is 90.5 Å². The van der Waals surface area contributed by atoms with Crippen LogP contribution >= 0.6 is 0 Å². The summed E-state index contributed by atoms with van der Waals surface area (Å²) in [6, 6.07) is 4.09. The van der Waals surface area contributed by atoms with Crippen molar-refractivity contribution in [1.29, 1.82) is 0 Å². The number of amides is 1. The highest BCUT2D eigenvalue weighted by atomic mass is 16.3. The fraction of sp³-hybridized carbons (Fsp3) is 0.696. The van der Waals surface area contributed by atoms with Gasteiger partial charge in [-0.25, -0.2) is 0 Å². The number of carbonyl (C=O) groups is 1. The molecule has 0 bridgehead atoms. The molecule has 4 N–H and O–H groups in total. The summed E-state index contributed by atoms with van der Waals surface area (Å²) in [5.41, 5.74) is 1.41. The molecule has 0 spiro atoms. The van der Waals surface area contributed by atoms with Gasteiger partial charge in [0.25, 0.3) is 0 Å². The second-order valence-electron chi connectivity index (χ2n) is 10.2. The molecular weight excluding hydrogens is 354 g/mol. The maximum Gasteiger partial charge on any atom is 0.221 e. The molecule has 28 heavy (non-hydrogen) atoms. The second kappa shape index (κ2) is 8.83. The van der Waals surface area contributed by atoms with Gasteiger partial charge in [-0.15, -0.1) is 0 Å². The number of phenols is 1. The van der Waals surface area contributed by atoms with Crippen molar-refractivity contribution in [3.05, 3.63) is 28.8 Å². The molecule has 1 amide bonds. The van der Waals surface area contributed by atoms with E-state index in [-0.39, 0.29) is 48.0 Å². The van der Waals surface area contributed by atoms with Crippen molar-refractivity contribution in [3.63, 3.8) is 0 Å². The summed E-state index contributed by atoms with van der Waals surface area (Å²) < 4.78 is 0. The largest absolute Gasteiger partial charge is 0.507 e. The summed E-state index contributed by atoms with van der Waals surface area (Å²) in [7, 11) is 0. The Kier molecular flexibility index (Phi) is 7.71. The summed E-state index contributed by atoms with van der Waals surface area (Å²) in [6.45, 7) is 15.5. The van der Waals surface area contributed by atoms with E-state index >= 15 is 0 Å². The fourth-order valence-corrected chi connectivity index (χ4v) is 3.19. The number of carbonyl (C=O) groups excluding carboxylic acids is 1. The first-order chi connectivity index (χ1) is 12.7. The average molecular weight is 394 g/mol. The number of aliphatic hydroxyl groups is 2. The van der Waals surface area contributed by atoms with E-state index in [1.807, 2.05) is 13.0 Å². The van der Waals surface area contributed by atoms with E-state index in [1.165, 1.54) is 0 Å². The van der Waals surface area contributed by atoms with E-state index in [2.05, 4.69) is 52.9 Å². The van der Waals surface area contributed by atoms with Crippen molar-refractivity contribution in [1.82, 2.24) is 5.32 Å². The predicted octanol–water partition coefficient (Wildman–Crippen LogP) is 3.73. The molecule has 0 fully saturated rings. The van der Waals surface area contributed by atoms with Gasteiger partial charge in [0.1, 0.15) is 5.75 Å². The molecule has 160 valence electrons. The van der Waals surface area contributed by atoms with Gasteiger partial charge < -0.3 is 20.6 Å². The van der Waals surface area contributed by atoms with Crippen LogP contribution in [0, 0.1) is 0 Å². The van der Waals surface area contributed by atoms with Gasteiger partial charge in [-0.3, -0.25) is 4.79 Å². The SMILES string of the molecule is CCC(CC(=O)NC(C)(CO)CO)c1cc(C(C)(C)C)cc(C(C)(C)C)c1O. The third kappa shape index (κ3) is 5.95. The van der Waals surface area contributed by atoms with Gasteiger partial charge in [0.05, 0.1) is 18.8 Å². The number of hydrogen-bond acceptors (Lipinski definition) is 4. The summed E-state index contributed by atoms with van der Waals surface area (Å²) >= 11 is 0. The Morgan fingerprint density at radius 2 is 1.54 bits per heavy atom. The first-order valence-corrected chi connectivity index (χ1v) is 10.1. The zero-order valence-corrected chi connectivity index (χ0v) is 18.8. The molecule has 0 saturated heterocycles. The highest BCUT2D eigenvalue weighted by Crippen LogP contribution is 2.42. The first-order valence-electron chi connectivity index (χ1n) is 10.1. The smallest absolute Gasteiger partial charge is 0.221 e. The lowest BCUT2D eigenvalue weighted by atomic mass is 9.76. The van der Waals surface area contributed by atoms with Gasteiger partial charge in [0.15, 0.2) is 0 Å². The van der Waals surface area contributed by atoms with Crippen LogP contribution in [0.5, 0.6) is 5.75 Å². The zero-order chi connectivity index (χ0) is 21.9. The minimum atomic E-state index is -1.05. The number of benzene rings is 1. The normalized spacial score (nSPS) is 14.1. The maximum absolute atomic E-state index is 12.6. The van der Waals surface area contributed by atoms with Crippen molar-refractivity contribution in [3.8, 4) is 5.75 Å². The van der Waals surface area contributed by atoms with E-state index in [9.17, 15) is 20.1 Å². The second-order valence-corrected chi connectivity index (χ2v) is 10.2. The van der Waals surface area contributed by atoms with Crippen molar-refractivity contribution in [2.75, 3.05) is 13.2 Å². The van der Waals surface area contributed by atoms with Gasteiger partial charge in [-0.1, -0.05) is 60.6 Å². The minimum absolute atomic E-state index is 0.0879. The monoisotopic (exact) mass is 393 g/mol. The molecule has 0 saturated carbocycles. The van der Waals surface area contributed by atoms with Gasteiger partial charge in [0, 0.05) is 6.42 Å². The van der Waals surface area contributed by atoms with Crippen LogP contribution in [0.2, 0.25) is 0 Å².